The third kappa shape index (κ3) is 4.21. The van der Waals surface area contributed by atoms with E-state index in [4.69, 9.17) is 9.47 Å². The van der Waals surface area contributed by atoms with Gasteiger partial charge in [0.25, 0.3) is 0 Å². The maximum atomic E-state index is 13.1. The van der Waals surface area contributed by atoms with E-state index >= 15 is 0 Å². The minimum atomic E-state index is -0.907. The van der Waals surface area contributed by atoms with Gasteiger partial charge in [0.15, 0.2) is 11.5 Å². The van der Waals surface area contributed by atoms with Crippen molar-refractivity contribution in [2.75, 3.05) is 14.2 Å². The Balaban J connectivity index is 1.78. The molecule has 1 unspecified atom stereocenters. The molecule has 0 spiro atoms. The summed E-state index contributed by atoms with van der Waals surface area (Å²) in [5.74, 6) is 0.993. The molecule has 1 N–H and O–H groups in total. The molecule has 29 heavy (non-hydrogen) atoms. The summed E-state index contributed by atoms with van der Waals surface area (Å²) in [6.45, 7) is 4.57. The predicted molar refractivity (Wildman–Crippen MR) is 111 cm³/mol. The summed E-state index contributed by atoms with van der Waals surface area (Å²) in [4.78, 5) is 27.4. The average Bonchev–Trinajstić information content (AvgIpc) is 3.02. The predicted octanol–water partition coefficient (Wildman–Crippen LogP) is 3.21. The monoisotopic (exact) mass is 396 g/mol. The number of nitrogens with one attached hydrogen (secondary N) is 1. The first-order valence-electron chi connectivity index (χ1n) is 9.73. The number of carbonyl (C=O) groups excluding carboxylic acids is 2. The minimum Gasteiger partial charge on any atom is -0.493 e. The Morgan fingerprint density at radius 3 is 2.52 bits per heavy atom. The smallest absolute Gasteiger partial charge is 0.245 e. The highest BCUT2D eigenvalue weighted by molar-refractivity contribution is 5.94. The second-order valence-corrected chi connectivity index (χ2v) is 7.57. The normalized spacial score (nSPS) is 18.6. The molecule has 2 amide bonds. The van der Waals surface area contributed by atoms with Crippen molar-refractivity contribution in [3.8, 4) is 11.5 Å². The third-order valence-corrected chi connectivity index (χ3v) is 5.60. The number of benzene rings is 2. The first kappa shape index (κ1) is 20.7. The van der Waals surface area contributed by atoms with Crippen LogP contribution in [0.4, 0.5) is 0 Å². The first-order valence-corrected chi connectivity index (χ1v) is 9.73. The van der Waals surface area contributed by atoms with Gasteiger partial charge in [0.05, 0.1) is 20.8 Å². The van der Waals surface area contributed by atoms with E-state index in [1.165, 1.54) is 5.56 Å². The molecule has 0 radical (unpaired) electrons. The van der Waals surface area contributed by atoms with Crippen molar-refractivity contribution in [2.24, 2.45) is 0 Å². The summed E-state index contributed by atoms with van der Waals surface area (Å²) in [7, 11) is 3.14. The van der Waals surface area contributed by atoms with Crippen molar-refractivity contribution >= 4 is 11.8 Å². The van der Waals surface area contributed by atoms with E-state index in [9.17, 15) is 9.59 Å². The zero-order valence-electron chi connectivity index (χ0n) is 17.5. The number of carbonyl (C=O) groups is 2. The highest BCUT2D eigenvalue weighted by atomic mass is 16.5. The topological polar surface area (TPSA) is 67.9 Å². The molecule has 1 fully saturated rings. The molecule has 0 bridgehead atoms. The second-order valence-electron chi connectivity index (χ2n) is 7.57. The molecule has 1 heterocycles. The van der Waals surface area contributed by atoms with Crippen molar-refractivity contribution in [1.29, 1.82) is 0 Å². The zero-order valence-corrected chi connectivity index (χ0v) is 17.5. The van der Waals surface area contributed by atoms with Crippen molar-refractivity contribution in [1.82, 2.24) is 10.2 Å². The van der Waals surface area contributed by atoms with Crippen LogP contribution in [0.25, 0.3) is 0 Å². The van der Waals surface area contributed by atoms with Gasteiger partial charge in [0.2, 0.25) is 11.8 Å². The van der Waals surface area contributed by atoms with Crippen LogP contribution >= 0.6 is 0 Å². The lowest BCUT2D eigenvalue weighted by Crippen LogP contribution is -2.53. The lowest BCUT2D eigenvalue weighted by atomic mass is 9.96. The summed E-state index contributed by atoms with van der Waals surface area (Å²) in [6.07, 6.45) is 0.832. The molecule has 2 aromatic carbocycles. The Morgan fingerprint density at radius 1 is 1.14 bits per heavy atom. The second kappa shape index (κ2) is 8.55. The highest BCUT2D eigenvalue weighted by Crippen LogP contribution is 2.36. The summed E-state index contributed by atoms with van der Waals surface area (Å²) in [6, 6.07) is 13.6. The molecular weight excluding hydrogens is 368 g/mol. The van der Waals surface area contributed by atoms with Crippen molar-refractivity contribution in [3.05, 3.63) is 59.2 Å². The molecule has 1 atom stereocenters. The summed E-state index contributed by atoms with van der Waals surface area (Å²) >= 11 is 0. The molecule has 6 nitrogen and oxygen atoms in total. The maximum Gasteiger partial charge on any atom is 0.245 e. The van der Waals surface area contributed by atoms with E-state index in [1.54, 1.807) is 19.1 Å². The van der Waals surface area contributed by atoms with Gasteiger partial charge in [0, 0.05) is 18.5 Å². The highest BCUT2D eigenvalue weighted by Gasteiger charge is 2.47. The Kier molecular flexibility index (Phi) is 6.11. The van der Waals surface area contributed by atoms with Crippen LogP contribution in [0.1, 0.15) is 36.5 Å². The lowest BCUT2D eigenvalue weighted by molar-refractivity contribution is -0.141. The van der Waals surface area contributed by atoms with Crippen LogP contribution in [-0.4, -0.2) is 36.5 Å². The minimum absolute atomic E-state index is 0.0390. The van der Waals surface area contributed by atoms with Gasteiger partial charge in [-0.3, -0.25) is 9.59 Å². The lowest BCUT2D eigenvalue weighted by Gasteiger charge is -2.34. The van der Waals surface area contributed by atoms with Gasteiger partial charge in [-0.05, 0) is 31.9 Å². The molecule has 0 saturated carbocycles. The molecule has 1 aliphatic rings. The number of aryl methyl sites for hydroxylation is 1. The van der Waals surface area contributed by atoms with Gasteiger partial charge in [-0.25, -0.2) is 0 Å². The SMILES string of the molecule is COc1cccc(CN2C(=O)CCC2(C)C(=O)NCc2ccc(C)cc2)c1OC. The molecule has 1 saturated heterocycles. The molecule has 6 heteroatoms. The fourth-order valence-corrected chi connectivity index (χ4v) is 3.72. The van der Waals surface area contributed by atoms with Gasteiger partial charge < -0.3 is 19.7 Å². The maximum absolute atomic E-state index is 13.1. The number of amides is 2. The van der Waals surface area contributed by atoms with Crippen LogP contribution < -0.4 is 14.8 Å². The van der Waals surface area contributed by atoms with Gasteiger partial charge in [-0.1, -0.05) is 42.0 Å². The summed E-state index contributed by atoms with van der Waals surface area (Å²) in [5, 5.41) is 3.00. The number of methoxy groups -OCH3 is 2. The summed E-state index contributed by atoms with van der Waals surface area (Å²) in [5.41, 5.74) is 2.10. The van der Waals surface area contributed by atoms with E-state index in [2.05, 4.69) is 5.32 Å². The molecule has 3 rings (SSSR count). The van der Waals surface area contributed by atoms with Gasteiger partial charge >= 0.3 is 0 Å². The summed E-state index contributed by atoms with van der Waals surface area (Å²) < 4.78 is 10.8. The molecule has 2 aromatic rings. The van der Waals surface area contributed by atoms with Gasteiger partial charge in [-0.15, -0.1) is 0 Å². The number of hydrogen-bond donors (Lipinski definition) is 1. The molecule has 0 aromatic heterocycles. The Bertz CT molecular complexity index is 894. The number of ether oxygens (including phenoxy) is 2. The van der Waals surface area contributed by atoms with Crippen LogP contribution in [-0.2, 0) is 22.7 Å². The van der Waals surface area contributed by atoms with Crippen molar-refractivity contribution < 1.29 is 19.1 Å². The van der Waals surface area contributed by atoms with E-state index in [0.717, 1.165) is 11.1 Å². The van der Waals surface area contributed by atoms with Crippen LogP contribution in [0.15, 0.2) is 42.5 Å². The largest absolute Gasteiger partial charge is 0.493 e. The van der Waals surface area contributed by atoms with Crippen LogP contribution in [0, 0.1) is 6.92 Å². The Labute approximate surface area is 171 Å². The number of para-hydroxylation sites is 1. The average molecular weight is 396 g/mol. The molecule has 0 aliphatic carbocycles. The standard InChI is InChI=1S/C23H28N2O4/c1-16-8-10-17(11-9-16)14-24-22(27)23(2)13-12-20(26)25(23)15-18-6-5-7-19(28-3)21(18)29-4/h5-11H,12-15H2,1-4H3,(H,24,27). The van der Waals surface area contributed by atoms with Crippen molar-refractivity contribution in [2.45, 2.75) is 45.3 Å². The third-order valence-electron chi connectivity index (χ3n) is 5.60. The van der Waals surface area contributed by atoms with Gasteiger partial charge in [-0.2, -0.15) is 0 Å². The van der Waals surface area contributed by atoms with Gasteiger partial charge in [0.1, 0.15) is 5.54 Å². The Hall–Kier alpha value is -3.02. The van der Waals surface area contributed by atoms with Crippen LogP contribution in [0.3, 0.4) is 0 Å². The number of hydrogen-bond acceptors (Lipinski definition) is 4. The number of likely N-dealkylation sites (tertiary alicyclic amines) is 1. The van der Waals surface area contributed by atoms with E-state index in [-0.39, 0.29) is 18.4 Å². The van der Waals surface area contributed by atoms with Crippen LogP contribution in [0.5, 0.6) is 11.5 Å². The quantitative estimate of drug-likeness (QED) is 0.780. The van der Waals surface area contributed by atoms with Crippen LogP contribution in [0.2, 0.25) is 0 Å². The molecular formula is C23H28N2O4. The number of rotatable bonds is 7. The fourth-order valence-electron chi connectivity index (χ4n) is 3.72. The van der Waals surface area contributed by atoms with E-state index in [0.29, 0.717) is 30.9 Å². The first-order chi connectivity index (χ1) is 13.9. The van der Waals surface area contributed by atoms with E-state index in [1.807, 2.05) is 56.3 Å². The molecule has 1 aliphatic heterocycles. The zero-order chi connectivity index (χ0) is 21.0. The Morgan fingerprint density at radius 2 is 1.86 bits per heavy atom. The fraction of sp³-hybridized carbons (Fsp3) is 0.391. The molecule has 154 valence electrons. The van der Waals surface area contributed by atoms with Crippen molar-refractivity contribution in [3.63, 3.8) is 0 Å². The number of nitrogens with zero attached hydrogens (tertiary/aromatic N) is 1. The van der Waals surface area contributed by atoms with E-state index < -0.39 is 5.54 Å².